The highest BCUT2D eigenvalue weighted by molar-refractivity contribution is 9.10. The summed E-state index contributed by atoms with van der Waals surface area (Å²) < 4.78 is 6.18. The Kier molecular flexibility index (Phi) is 6.31. The van der Waals surface area contributed by atoms with Crippen LogP contribution in [0.15, 0.2) is 22.7 Å². The summed E-state index contributed by atoms with van der Waals surface area (Å²) in [5.74, 6) is 0.254. The van der Waals surface area contributed by atoms with E-state index in [0.29, 0.717) is 18.9 Å². The molecule has 0 aliphatic heterocycles. The van der Waals surface area contributed by atoms with E-state index in [2.05, 4.69) is 21.2 Å². The van der Waals surface area contributed by atoms with Crippen molar-refractivity contribution in [3.63, 3.8) is 0 Å². The summed E-state index contributed by atoms with van der Waals surface area (Å²) in [5, 5.41) is 12.2. The zero-order valence-corrected chi connectivity index (χ0v) is 13.0. The summed E-state index contributed by atoms with van der Waals surface area (Å²) in [7, 11) is 1.60. The Labute approximate surface area is 122 Å². The van der Waals surface area contributed by atoms with Crippen LogP contribution in [0.25, 0.3) is 0 Å². The van der Waals surface area contributed by atoms with Crippen LogP contribution in [0.3, 0.4) is 0 Å². The molecule has 19 heavy (non-hydrogen) atoms. The van der Waals surface area contributed by atoms with Crippen LogP contribution in [0.4, 0.5) is 0 Å². The van der Waals surface area contributed by atoms with Crippen LogP contribution < -0.4 is 10.1 Å². The summed E-state index contributed by atoms with van der Waals surface area (Å²) in [6.07, 6.45) is 0.603. The Morgan fingerprint density at radius 1 is 1.47 bits per heavy atom. The lowest BCUT2D eigenvalue weighted by atomic mass is 10.0. The van der Waals surface area contributed by atoms with E-state index in [1.54, 1.807) is 7.11 Å². The monoisotopic (exact) mass is 329 g/mol. The number of aliphatic carboxylic acids is 1. The summed E-state index contributed by atoms with van der Waals surface area (Å²) in [6, 6.07) is 5.18. The van der Waals surface area contributed by atoms with Crippen molar-refractivity contribution in [2.75, 3.05) is 7.11 Å². The Hall–Kier alpha value is -1.07. The molecule has 0 saturated carbocycles. The fourth-order valence-corrected chi connectivity index (χ4v) is 2.47. The first-order valence-electron chi connectivity index (χ1n) is 6.23. The lowest BCUT2D eigenvalue weighted by molar-refractivity contribution is -0.140. The van der Waals surface area contributed by atoms with Gasteiger partial charge in [-0.1, -0.05) is 26.0 Å². The lowest BCUT2D eigenvalue weighted by Crippen LogP contribution is -2.37. The Morgan fingerprint density at radius 3 is 2.68 bits per heavy atom. The predicted octanol–water partition coefficient (Wildman–Crippen LogP) is 3.05. The third-order valence-electron chi connectivity index (χ3n) is 2.80. The van der Waals surface area contributed by atoms with Crippen LogP contribution in [-0.4, -0.2) is 24.2 Å². The summed E-state index contributed by atoms with van der Waals surface area (Å²) in [5.41, 5.74) is 0.937. The van der Waals surface area contributed by atoms with E-state index in [1.807, 2.05) is 32.0 Å². The van der Waals surface area contributed by atoms with Crippen molar-refractivity contribution in [3.8, 4) is 5.75 Å². The molecule has 1 aromatic carbocycles. The van der Waals surface area contributed by atoms with E-state index >= 15 is 0 Å². The van der Waals surface area contributed by atoms with Gasteiger partial charge in [0.2, 0.25) is 0 Å². The predicted molar refractivity (Wildman–Crippen MR) is 78.4 cm³/mol. The number of carbonyl (C=O) groups is 1. The van der Waals surface area contributed by atoms with Gasteiger partial charge in [-0.2, -0.15) is 0 Å². The fourth-order valence-electron chi connectivity index (χ4n) is 1.90. The minimum absolute atomic E-state index is 0.331. The molecule has 106 valence electrons. The van der Waals surface area contributed by atoms with Crippen molar-refractivity contribution in [3.05, 3.63) is 28.2 Å². The van der Waals surface area contributed by atoms with E-state index in [1.165, 1.54) is 0 Å². The highest BCUT2D eigenvalue weighted by atomic mass is 79.9. The lowest BCUT2D eigenvalue weighted by Gasteiger charge is -2.18. The molecular formula is C14H20BrNO3. The van der Waals surface area contributed by atoms with Gasteiger partial charge in [-0.15, -0.1) is 0 Å². The van der Waals surface area contributed by atoms with Gasteiger partial charge >= 0.3 is 5.97 Å². The molecule has 5 heteroatoms. The first kappa shape index (κ1) is 16.0. The Morgan fingerprint density at radius 2 is 2.16 bits per heavy atom. The van der Waals surface area contributed by atoms with E-state index in [4.69, 9.17) is 4.74 Å². The maximum absolute atomic E-state index is 11.2. The molecule has 0 radical (unpaired) electrons. The van der Waals surface area contributed by atoms with Crippen LogP contribution in [0.5, 0.6) is 5.75 Å². The van der Waals surface area contributed by atoms with Crippen LogP contribution in [0.1, 0.15) is 25.8 Å². The summed E-state index contributed by atoms with van der Waals surface area (Å²) in [6.45, 7) is 4.49. The number of para-hydroxylation sites is 1. The minimum Gasteiger partial charge on any atom is -0.495 e. The highest BCUT2D eigenvalue weighted by Crippen LogP contribution is 2.28. The second kappa shape index (κ2) is 7.50. The normalized spacial score (nSPS) is 12.5. The van der Waals surface area contributed by atoms with Gasteiger partial charge in [-0.3, -0.25) is 4.79 Å². The van der Waals surface area contributed by atoms with Gasteiger partial charge in [0.1, 0.15) is 11.8 Å². The van der Waals surface area contributed by atoms with Crippen molar-refractivity contribution in [2.24, 2.45) is 5.92 Å². The van der Waals surface area contributed by atoms with Crippen molar-refractivity contribution < 1.29 is 14.6 Å². The molecule has 0 amide bonds. The number of rotatable bonds is 7. The molecule has 0 saturated heterocycles. The van der Waals surface area contributed by atoms with Gasteiger partial charge in [-0.25, -0.2) is 0 Å². The maximum Gasteiger partial charge on any atom is 0.320 e. The number of hydrogen-bond acceptors (Lipinski definition) is 3. The molecule has 0 aromatic heterocycles. The molecule has 0 bridgehead atoms. The maximum atomic E-state index is 11.2. The third kappa shape index (κ3) is 4.84. The van der Waals surface area contributed by atoms with Crippen LogP contribution >= 0.6 is 15.9 Å². The molecule has 0 heterocycles. The zero-order chi connectivity index (χ0) is 14.4. The molecule has 0 spiro atoms. The summed E-state index contributed by atoms with van der Waals surface area (Å²) in [4.78, 5) is 11.2. The zero-order valence-electron chi connectivity index (χ0n) is 11.4. The van der Waals surface area contributed by atoms with E-state index in [0.717, 1.165) is 15.8 Å². The molecule has 4 nitrogen and oxygen atoms in total. The second-order valence-corrected chi connectivity index (χ2v) is 5.69. The fraction of sp³-hybridized carbons (Fsp3) is 0.500. The molecule has 1 aromatic rings. The smallest absolute Gasteiger partial charge is 0.320 e. The van der Waals surface area contributed by atoms with Gasteiger partial charge in [-0.05, 0) is 34.3 Å². The SMILES string of the molecule is COc1c(Br)cccc1CN[C@H](CC(C)C)C(=O)O. The number of carboxylic acids is 1. The highest BCUT2D eigenvalue weighted by Gasteiger charge is 2.19. The molecule has 2 N–H and O–H groups in total. The minimum atomic E-state index is -0.817. The molecule has 0 fully saturated rings. The summed E-state index contributed by atoms with van der Waals surface area (Å²) >= 11 is 3.41. The second-order valence-electron chi connectivity index (χ2n) is 4.83. The molecule has 0 aliphatic rings. The molecule has 1 atom stereocenters. The number of carboxylic acid groups (broad SMARTS) is 1. The topological polar surface area (TPSA) is 58.6 Å². The average Bonchev–Trinajstić information content (AvgIpc) is 2.33. The Balaban J connectivity index is 2.74. The van der Waals surface area contributed by atoms with Gasteiger partial charge in [0.15, 0.2) is 0 Å². The van der Waals surface area contributed by atoms with Crippen LogP contribution in [0.2, 0.25) is 0 Å². The van der Waals surface area contributed by atoms with Crippen LogP contribution in [-0.2, 0) is 11.3 Å². The third-order valence-corrected chi connectivity index (χ3v) is 3.42. The van der Waals surface area contributed by atoms with E-state index < -0.39 is 12.0 Å². The van der Waals surface area contributed by atoms with Gasteiger partial charge in [0.05, 0.1) is 11.6 Å². The standard InChI is InChI=1S/C14H20BrNO3/c1-9(2)7-12(14(17)18)16-8-10-5-4-6-11(15)13(10)19-3/h4-6,9,12,16H,7-8H2,1-3H3,(H,17,18)/t12-/m1/s1. The van der Waals surface area contributed by atoms with E-state index in [9.17, 15) is 9.90 Å². The molecular weight excluding hydrogens is 310 g/mol. The number of nitrogens with one attached hydrogen (secondary N) is 1. The van der Waals surface area contributed by atoms with E-state index in [-0.39, 0.29) is 0 Å². The van der Waals surface area contributed by atoms with Crippen molar-refractivity contribution in [1.29, 1.82) is 0 Å². The molecule has 1 rings (SSSR count). The number of benzene rings is 1. The molecule has 0 unspecified atom stereocenters. The first-order chi connectivity index (χ1) is 8.95. The van der Waals surface area contributed by atoms with Crippen molar-refractivity contribution in [2.45, 2.75) is 32.9 Å². The van der Waals surface area contributed by atoms with Crippen molar-refractivity contribution in [1.82, 2.24) is 5.32 Å². The van der Waals surface area contributed by atoms with Crippen molar-refractivity contribution >= 4 is 21.9 Å². The Bertz CT molecular complexity index is 435. The number of halogens is 1. The quantitative estimate of drug-likeness (QED) is 0.807. The number of ether oxygens (including phenoxy) is 1. The van der Waals surface area contributed by atoms with Crippen LogP contribution in [0, 0.1) is 5.92 Å². The van der Waals surface area contributed by atoms with Gasteiger partial charge in [0.25, 0.3) is 0 Å². The largest absolute Gasteiger partial charge is 0.495 e. The van der Waals surface area contributed by atoms with Gasteiger partial charge < -0.3 is 15.2 Å². The molecule has 0 aliphatic carbocycles. The first-order valence-corrected chi connectivity index (χ1v) is 7.02. The van der Waals surface area contributed by atoms with Gasteiger partial charge in [0, 0.05) is 12.1 Å². The number of hydrogen-bond donors (Lipinski definition) is 2. The average molecular weight is 330 g/mol. The number of methoxy groups -OCH3 is 1.